The van der Waals surface area contributed by atoms with Crippen molar-refractivity contribution in [3.63, 3.8) is 0 Å². The normalized spacial score (nSPS) is 10.0. The monoisotopic (exact) mass is 191 g/mol. The predicted octanol–water partition coefficient (Wildman–Crippen LogP) is -1.54. The fraction of sp³-hybridized carbons (Fsp3) is 0.750. The molecule has 0 radical (unpaired) electrons. The molecule has 7 heteroatoms. The minimum atomic E-state index is -3.71. The van der Waals surface area contributed by atoms with Crippen LogP contribution in [0.3, 0.4) is 0 Å². The molecule has 0 aliphatic heterocycles. The number of nitrogens with two attached hydrogens (primary N) is 1. The molecule has 0 heterocycles. The van der Waals surface area contributed by atoms with Crippen LogP contribution in [0.1, 0.15) is 6.92 Å². The molecule has 0 amide bonds. The first-order chi connectivity index (χ1) is 4.48. The number of hydrogen-bond acceptors (Lipinski definition) is 5. The van der Waals surface area contributed by atoms with Crippen molar-refractivity contribution < 1.29 is 17.4 Å². The Balaban J connectivity index is 0. The van der Waals surface area contributed by atoms with Gasteiger partial charge < -0.3 is 9.92 Å². The zero-order valence-electron chi connectivity index (χ0n) is 6.24. The van der Waals surface area contributed by atoms with Crippen LogP contribution in [0.15, 0.2) is 0 Å². The molecule has 0 spiro atoms. The van der Waals surface area contributed by atoms with Crippen LogP contribution in [-0.4, -0.2) is 49.7 Å². The van der Waals surface area contributed by atoms with Crippen LogP contribution in [-0.2, 0) is 19.1 Å². The summed E-state index contributed by atoms with van der Waals surface area (Å²) < 4.78 is 25.0. The number of hydrogen-bond donors (Lipinski definition) is 1. The van der Waals surface area contributed by atoms with Crippen LogP contribution in [0.25, 0.3) is 0 Å². The first-order valence-corrected chi connectivity index (χ1v) is 4.18. The van der Waals surface area contributed by atoms with Crippen molar-refractivity contribution >= 4 is 39.1 Å². The third kappa shape index (κ3) is 8.05. The van der Waals surface area contributed by atoms with Crippen LogP contribution < -0.4 is 5.73 Å². The van der Waals surface area contributed by atoms with E-state index in [4.69, 9.17) is 5.73 Å². The molecule has 0 atom stereocenters. The maximum Gasteiger partial charge on any atom is 2.00 e. The van der Waals surface area contributed by atoms with Crippen LogP contribution in [0.4, 0.5) is 0 Å². The fourth-order valence-electron chi connectivity index (χ4n) is 0.365. The molecule has 0 rings (SSSR count). The molecule has 0 bridgehead atoms. The molecular weight excluding hydrogens is 182 g/mol. The summed E-state index contributed by atoms with van der Waals surface area (Å²) in [7, 11) is -3.71. The van der Waals surface area contributed by atoms with Gasteiger partial charge in [0.1, 0.15) is 0 Å². The van der Waals surface area contributed by atoms with Crippen molar-refractivity contribution in [1.29, 1.82) is 0 Å². The minimum Gasteiger partial charge on any atom is -0.346 e. The molecule has 0 aromatic carbocycles. The summed E-state index contributed by atoms with van der Waals surface area (Å²) in [6.07, 6.45) is 0. The van der Waals surface area contributed by atoms with E-state index in [-0.39, 0.29) is 35.4 Å². The van der Waals surface area contributed by atoms with Gasteiger partial charge in [-0.15, -0.1) is 0 Å². The van der Waals surface area contributed by atoms with Gasteiger partial charge in [-0.05, 0) is 0 Å². The zero-order valence-corrected chi connectivity index (χ0v) is 8.47. The molecule has 2 N–H and O–H groups in total. The van der Waals surface area contributed by atoms with Crippen molar-refractivity contribution in [2.75, 3.05) is 12.3 Å². The first-order valence-electron chi connectivity index (χ1n) is 2.61. The van der Waals surface area contributed by atoms with E-state index in [2.05, 4.69) is 4.18 Å². The summed E-state index contributed by atoms with van der Waals surface area (Å²) in [6.45, 7) is 0.976. The quantitative estimate of drug-likeness (QED) is 0.431. The summed E-state index contributed by atoms with van der Waals surface area (Å²) in [5.41, 5.74) is 4.92. The molecule has 0 saturated carbocycles. The Morgan fingerprint density at radius 1 is 1.55 bits per heavy atom. The van der Waals surface area contributed by atoms with Gasteiger partial charge in [0.15, 0.2) is 0 Å². The van der Waals surface area contributed by atoms with Crippen molar-refractivity contribution in [2.45, 2.75) is 6.92 Å². The third-order valence-electron chi connectivity index (χ3n) is 0.612. The molecule has 5 nitrogen and oxygen atoms in total. The van der Waals surface area contributed by atoms with Crippen molar-refractivity contribution in [3.8, 4) is 0 Å². The molecule has 0 unspecified atom stereocenters. The van der Waals surface area contributed by atoms with Gasteiger partial charge in [-0.2, -0.15) is 8.42 Å². The van der Waals surface area contributed by atoms with E-state index >= 15 is 0 Å². The van der Waals surface area contributed by atoms with Gasteiger partial charge in [-0.1, -0.05) is 0 Å². The SMILES string of the molecule is CC(=O)OS(=O)(=O)CCN.[Mg+2]. The molecule has 11 heavy (non-hydrogen) atoms. The van der Waals surface area contributed by atoms with E-state index < -0.39 is 16.1 Å². The maximum absolute atomic E-state index is 10.5. The summed E-state index contributed by atoms with van der Waals surface area (Å²) in [6, 6.07) is 0. The second kappa shape index (κ2) is 5.75. The van der Waals surface area contributed by atoms with Crippen molar-refractivity contribution in [3.05, 3.63) is 0 Å². The topological polar surface area (TPSA) is 86.5 Å². The van der Waals surface area contributed by atoms with Gasteiger partial charge in [0.2, 0.25) is 0 Å². The summed E-state index contributed by atoms with van der Waals surface area (Å²) >= 11 is 0. The molecule has 0 aliphatic rings. The number of rotatable bonds is 3. The van der Waals surface area contributed by atoms with Crippen molar-refractivity contribution in [1.82, 2.24) is 0 Å². The summed E-state index contributed by atoms with van der Waals surface area (Å²) in [5.74, 6) is -1.17. The minimum absolute atomic E-state index is 0. The van der Waals surface area contributed by atoms with Crippen LogP contribution in [0.2, 0.25) is 0 Å². The first kappa shape index (κ1) is 13.7. The molecule has 0 aliphatic carbocycles. The van der Waals surface area contributed by atoms with E-state index in [1.54, 1.807) is 0 Å². The summed E-state index contributed by atoms with van der Waals surface area (Å²) in [4.78, 5) is 10.1. The Kier molecular flexibility index (Phi) is 7.17. The smallest absolute Gasteiger partial charge is 0.346 e. The largest absolute Gasteiger partial charge is 2.00 e. The average Bonchev–Trinajstić information content (AvgIpc) is 1.59. The fourth-order valence-corrected chi connectivity index (χ4v) is 1.09. The Hall–Kier alpha value is 0.146. The predicted molar refractivity (Wildman–Crippen MR) is 40.4 cm³/mol. The molecule has 0 aromatic heterocycles. The second-order valence-electron chi connectivity index (χ2n) is 1.63. The second-order valence-corrected chi connectivity index (χ2v) is 3.32. The molecule has 0 aromatic rings. The average molecular weight is 191 g/mol. The van der Waals surface area contributed by atoms with Gasteiger partial charge in [0, 0.05) is 13.5 Å². The molecule has 0 saturated heterocycles. The van der Waals surface area contributed by atoms with E-state index in [1.165, 1.54) is 0 Å². The van der Waals surface area contributed by atoms with Gasteiger partial charge in [-0.25, -0.2) is 0 Å². The zero-order chi connectivity index (χ0) is 8.20. The van der Waals surface area contributed by atoms with Crippen molar-refractivity contribution in [2.24, 2.45) is 5.73 Å². The Bertz CT molecular complexity index is 212. The van der Waals surface area contributed by atoms with Gasteiger partial charge in [0.05, 0.1) is 5.75 Å². The van der Waals surface area contributed by atoms with E-state index in [1.807, 2.05) is 0 Å². The maximum atomic E-state index is 10.5. The molecule has 60 valence electrons. The Morgan fingerprint density at radius 3 is 2.27 bits per heavy atom. The number of carbonyl (C=O) groups is 1. The standard InChI is InChI=1S/C4H9NO4S.Mg/c1-4(6)9-10(7,8)3-2-5;/h2-3,5H2,1H3;/q;+2. The summed E-state index contributed by atoms with van der Waals surface area (Å²) in [5, 5.41) is 0. The van der Waals surface area contributed by atoms with Crippen LogP contribution in [0, 0.1) is 0 Å². The van der Waals surface area contributed by atoms with E-state index in [9.17, 15) is 13.2 Å². The molecule has 0 fully saturated rings. The van der Waals surface area contributed by atoms with Crippen LogP contribution in [0.5, 0.6) is 0 Å². The van der Waals surface area contributed by atoms with E-state index in [0.29, 0.717) is 0 Å². The van der Waals surface area contributed by atoms with Gasteiger partial charge in [0.25, 0.3) is 0 Å². The van der Waals surface area contributed by atoms with E-state index in [0.717, 1.165) is 6.92 Å². The van der Waals surface area contributed by atoms with Gasteiger partial charge in [-0.3, -0.25) is 4.79 Å². The third-order valence-corrected chi connectivity index (χ3v) is 1.84. The van der Waals surface area contributed by atoms with Gasteiger partial charge >= 0.3 is 39.1 Å². The Labute approximate surface area is 81.6 Å². The molecular formula is C4H9MgNO4S+2. The van der Waals surface area contributed by atoms with Crippen LogP contribution >= 0.6 is 0 Å². The Morgan fingerprint density at radius 2 is 2.00 bits per heavy atom. The number of carbonyl (C=O) groups excluding carboxylic acids is 1.